The van der Waals surface area contributed by atoms with Crippen LogP contribution in [0.1, 0.15) is 17.0 Å². The highest BCUT2D eigenvalue weighted by atomic mass is 19.1. The van der Waals surface area contributed by atoms with E-state index in [1.165, 1.54) is 24.3 Å². The van der Waals surface area contributed by atoms with Crippen molar-refractivity contribution in [2.75, 3.05) is 38.0 Å². The van der Waals surface area contributed by atoms with Gasteiger partial charge >= 0.3 is 0 Å². The van der Waals surface area contributed by atoms with Gasteiger partial charge in [0.25, 0.3) is 5.91 Å². The monoisotopic (exact) mass is 375 g/mol. The van der Waals surface area contributed by atoms with Crippen LogP contribution < -0.4 is 10.2 Å². The Labute approximate surface area is 157 Å². The first-order valence-electron chi connectivity index (χ1n) is 9.01. The highest BCUT2D eigenvalue weighted by molar-refractivity contribution is 5.91. The molecule has 0 atom stereocenters. The van der Waals surface area contributed by atoms with Gasteiger partial charge < -0.3 is 19.6 Å². The molecule has 2 amide bonds. The number of benzene rings is 1. The number of aromatic nitrogens is 1. The first-order valence-corrected chi connectivity index (χ1v) is 9.01. The number of amides is 2. The fraction of sp³-hybridized carbons (Fsp3) is 0.421. The summed E-state index contributed by atoms with van der Waals surface area (Å²) in [7, 11) is 0. The van der Waals surface area contributed by atoms with Crippen LogP contribution in [0.15, 0.2) is 28.8 Å². The summed E-state index contributed by atoms with van der Waals surface area (Å²) in [6.07, 6.45) is 0.293. The molecule has 0 bridgehead atoms. The first kappa shape index (κ1) is 19.0. The van der Waals surface area contributed by atoms with Gasteiger partial charge in [-0.2, -0.15) is 0 Å². The van der Waals surface area contributed by atoms with Gasteiger partial charge in [-0.1, -0.05) is 5.16 Å². The summed E-state index contributed by atoms with van der Waals surface area (Å²) in [6.45, 7) is 6.62. The second kappa shape index (κ2) is 8.30. The van der Waals surface area contributed by atoms with Crippen LogP contribution in [0.2, 0.25) is 0 Å². The average molecular weight is 375 g/mol. The van der Waals surface area contributed by atoms with E-state index in [0.29, 0.717) is 50.6 Å². The van der Waals surface area contributed by atoms with E-state index in [-0.39, 0.29) is 17.6 Å². The van der Waals surface area contributed by atoms with Gasteiger partial charge in [0, 0.05) is 11.3 Å². The molecule has 0 unspecified atom stereocenters. The molecule has 3 rings (SSSR count). The van der Waals surface area contributed by atoms with Gasteiger partial charge in [-0.25, -0.2) is 4.39 Å². The molecule has 2 aromatic rings. The predicted molar refractivity (Wildman–Crippen MR) is 96.9 cm³/mol. The van der Waals surface area contributed by atoms with E-state index in [1.54, 1.807) is 0 Å². The number of hydrogen-bond acceptors (Lipinski definition) is 4. The minimum Gasteiger partial charge on any atom is -0.361 e. The third kappa shape index (κ3) is 4.91. The zero-order chi connectivity index (χ0) is 19.4. The van der Waals surface area contributed by atoms with Crippen molar-refractivity contribution in [3.8, 4) is 0 Å². The van der Waals surface area contributed by atoms with E-state index < -0.39 is 0 Å². The molecule has 27 heavy (non-hydrogen) atoms. The summed E-state index contributed by atoms with van der Waals surface area (Å²) >= 11 is 0. The topological polar surface area (TPSA) is 79.9 Å². The number of nitrogens with zero attached hydrogens (tertiary/aromatic N) is 2. The maximum absolute atomic E-state index is 12.9. The van der Waals surface area contributed by atoms with Gasteiger partial charge in [-0.15, -0.1) is 0 Å². The number of nitrogens with one attached hydrogen (secondary N) is 2. The number of carbonyl (C=O) groups excluding carboxylic acids is 2. The lowest BCUT2D eigenvalue weighted by molar-refractivity contribution is -0.895. The average Bonchev–Trinajstić information content (AvgIpc) is 2.96. The lowest BCUT2D eigenvalue weighted by Gasteiger charge is -2.32. The number of aryl methyl sites for hydroxylation is 2. The molecule has 1 aromatic carbocycles. The summed E-state index contributed by atoms with van der Waals surface area (Å²) in [6, 6.07) is 5.69. The highest BCUT2D eigenvalue weighted by Gasteiger charge is 2.26. The van der Waals surface area contributed by atoms with Gasteiger partial charge in [0.15, 0.2) is 6.54 Å². The third-order valence-electron chi connectivity index (χ3n) is 4.87. The summed E-state index contributed by atoms with van der Waals surface area (Å²) in [5, 5.41) is 6.65. The predicted octanol–water partition coefficient (Wildman–Crippen LogP) is 0.339. The SMILES string of the molecule is Cc1noc(C)c1CC(=O)N1CC[NH+](CC(=O)Nc2ccc(F)cc2)CC1. The summed E-state index contributed by atoms with van der Waals surface area (Å²) in [5.74, 6) is 0.282. The van der Waals surface area contributed by atoms with Crippen molar-refractivity contribution in [1.82, 2.24) is 10.1 Å². The molecule has 0 radical (unpaired) electrons. The van der Waals surface area contributed by atoms with Crippen molar-refractivity contribution in [3.05, 3.63) is 47.1 Å². The molecule has 8 heteroatoms. The fourth-order valence-corrected chi connectivity index (χ4v) is 3.23. The smallest absolute Gasteiger partial charge is 0.279 e. The van der Waals surface area contributed by atoms with E-state index in [9.17, 15) is 14.0 Å². The van der Waals surface area contributed by atoms with Crippen LogP contribution in [0.4, 0.5) is 10.1 Å². The minimum absolute atomic E-state index is 0.0548. The van der Waals surface area contributed by atoms with Gasteiger partial charge in [0.05, 0.1) is 38.3 Å². The largest absolute Gasteiger partial charge is 0.361 e. The molecule has 1 fully saturated rings. The molecule has 0 aliphatic carbocycles. The Kier molecular flexibility index (Phi) is 5.85. The van der Waals surface area contributed by atoms with Crippen LogP contribution in [-0.2, 0) is 16.0 Å². The van der Waals surface area contributed by atoms with Crippen molar-refractivity contribution in [2.45, 2.75) is 20.3 Å². The number of quaternary nitrogens is 1. The molecule has 2 N–H and O–H groups in total. The lowest BCUT2D eigenvalue weighted by atomic mass is 10.1. The van der Waals surface area contributed by atoms with Crippen molar-refractivity contribution in [3.63, 3.8) is 0 Å². The molecule has 1 aliphatic rings. The Morgan fingerprint density at radius 3 is 2.48 bits per heavy atom. The van der Waals surface area contributed by atoms with Crippen LogP contribution in [0.5, 0.6) is 0 Å². The molecule has 0 saturated carbocycles. The normalized spacial score (nSPS) is 15.0. The highest BCUT2D eigenvalue weighted by Crippen LogP contribution is 2.14. The van der Waals surface area contributed by atoms with Gasteiger partial charge in [-0.3, -0.25) is 9.59 Å². The van der Waals surface area contributed by atoms with Crippen LogP contribution in [0, 0.1) is 19.7 Å². The molecular formula is C19H24FN4O3+. The fourth-order valence-electron chi connectivity index (χ4n) is 3.23. The standard InChI is InChI=1S/C19H23FN4O3/c1-13-17(14(2)27-22-13)11-19(26)24-9-7-23(8-10-24)12-18(25)21-16-5-3-15(20)4-6-16/h3-6H,7-12H2,1-2H3,(H,21,25)/p+1. The summed E-state index contributed by atoms with van der Waals surface area (Å²) in [5.41, 5.74) is 2.19. The van der Waals surface area contributed by atoms with Crippen molar-refractivity contribution in [2.24, 2.45) is 0 Å². The van der Waals surface area contributed by atoms with Gasteiger partial charge in [0.2, 0.25) is 5.91 Å². The van der Waals surface area contributed by atoms with Crippen LogP contribution in [0.3, 0.4) is 0 Å². The Hall–Kier alpha value is -2.74. The van der Waals surface area contributed by atoms with Crippen LogP contribution >= 0.6 is 0 Å². The molecule has 144 valence electrons. The number of hydrogen-bond donors (Lipinski definition) is 2. The van der Waals surface area contributed by atoms with Crippen molar-refractivity contribution in [1.29, 1.82) is 0 Å². The Morgan fingerprint density at radius 1 is 1.22 bits per heavy atom. The van der Waals surface area contributed by atoms with Crippen LogP contribution in [-0.4, -0.2) is 54.6 Å². The van der Waals surface area contributed by atoms with Crippen molar-refractivity contribution >= 4 is 17.5 Å². The van der Waals surface area contributed by atoms with E-state index >= 15 is 0 Å². The Bertz CT molecular complexity index is 791. The molecular weight excluding hydrogens is 351 g/mol. The number of halogens is 1. The number of rotatable bonds is 5. The van der Waals surface area contributed by atoms with Crippen LogP contribution in [0.25, 0.3) is 0 Å². The van der Waals surface area contributed by atoms with E-state index in [4.69, 9.17) is 4.52 Å². The second-order valence-electron chi connectivity index (χ2n) is 6.84. The van der Waals surface area contributed by atoms with Crippen molar-refractivity contribution < 1.29 is 23.4 Å². The van der Waals surface area contributed by atoms with E-state index in [0.717, 1.165) is 16.2 Å². The third-order valence-corrected chi connectivity index (χ3v) is 4.87. The molecule has 1 aliphatic heterocycles. The maximum atomic E-state index is 12.9. The second-order valence-corrected chi connectivity index (χ2v) is 6.84. The molecule has 2 heterocycles. The number of anilines is 1. The Balaban J connectivity index is 1.45. The lowest BCUT2D eigenvalue weighted by Crippen LogP contribution is -3.15. The zero-order valence-electron chi connectivity index (χ0n) is 15.5. The maximum Gasteiger partial charge on any atom is 0.279 e. The summed E-state index contributed by atoms with van der Waals surface area (Å²) < 4.78 is 18.0. The minimum atomic E-state index is -0.337. The molecule has 1 aromatic heterocycles. The number of carbonyl (C=O) groups is 2. The molecule has 7 nitrogen and oxygen atoms in total. The first-order chi connectivity index (χ1) is 12.9. The van der Waals surface area contributed by atoms with Gasteiger partial charge in [-0.05, 0) is 38.1 Å². The molecule has 0 spiro atoms. The zero-order valence-corrected chi connectivity index (χ0v) is 15.5. The van der Waals surface area contributed by atoms with E-state index in [2.05, 4.69) is 10.5 Å². The Morgan fingerprint density at radius 2 is 1.89 bits per heavy atom. The number of piperazine rings is 1. The van der Waals surface area contributed by atoms with E-state index in [1.807, 2.05) is 18.7 Å². The van der Waals surface area contributed by atoms with Gasteiger partial charge in [0.1, 0.15) is 11.6 Å². The summed E-state index contributed by atoms with van der Waals surface area (Å²) in [4.78, 5) is 27.6. The quantitative estimate of drug-likeness (QED) is 0.790. The molecule has 1 saturated heterocycles.